The molecule has 2 heterocycles. The van der Waals surface area contributed by atoms with Gasteiger partial charge in [-0.1, -0.05) is 25.1 Å². The van der Waals surface area contributed by atoms with Gasteiger partial charge < -0.3 is 14.8 Å². The van der Waals surface area contributed by atoms with Crippen LogP contribution < -0.4 is 14.8 Å². The molecule has 1 saturated carbocycles. The summed E-state index contributed by atoms with van der Waals surface area (Å²) in [6, 6.07) is 14.1. The molecule has 0 aliphatic heterocycles. The first-order chi connectivity index (χ1) is 16.1. The molecule has 1 aliphatic rings. The molecular weight excluding hydrogens is 414 g/mol. The molecule has 2 aromatic carbocycles. The molecule has 0 bridgehead atoms. The molecule has 1 fully saturated rings. The van der Waals surface area contributed by atoms with Crippen LogP contribution in [-0.4, -0.2) is 32.9 Å². The molecule has 4 aromatic rings. The fraction of sp³-hybridized carbons (Fsp3) is 0.346. The third-order valence-corrected chi connectivity index (χ3v) is 6.29. The van der Waals surface area contributed by atoms with E-state index >= 15 is 0 Å². The molecule has 0 radical (unpaired) electrons. The van der Waals surface area contributed by atoms with E-state index < -0.39 is 0 Å². The molecule has 0 amide bonds. The van der Waals surface area contributed by atoms with Crippen molar-refractivity contribution in [1.82, 2.24) is 19.7 Å². The molecule has 0 saturated heterocycles. The Morgan fingerprint density at radius 2 is 1.85 bits per heavy atom. The second-order valence-electron chi connectivity index (χ2n) is 8.87. The van der Waals surface area contributed by atoms with Crippen LogP contribution in [0.5, 0.6) is 17.4 Å². The molecule has 0 atom stereocenters. The summed E-state index contributed by atoms with van der Waals surface area (Å²) >= 11 is 0. The summed E-state index contributed by atoms with van der Waals surface area (Å²) < 4.78 is 13.4. The molecular formula is C26H29N5O2. The Morgan fingerprint density at radius 3 is 2.67 bits per heavy atom. The van der Waals surface area contributed by atoms with Gasteiger partial charge >= 0.3 is 0 Å². The van der Waals surface area contributed by atoms with E-state index in [4.69, 9.17) is 14.5 Å². The summed E-state index contributed by atoms with van der Waals surface area (Å²) in [5.41, 5.74) is 2.69. The molecule has 7 heteroatoms. The van der Waals surface area contributed by atoms with Gasteiger partial charge in [-0.15, -0.1) is 0 Å². The van der Waals surface area contributed by atoms with E-state index in [1.165, 1.54) is 12.8 Å². The standard InChI is InChI=1S/C26H29N5O2/c1-17-7-11-20(12-8-17)28-26-27-15-23(18-9-10-19-16-31(2)30-24(19)13-18)25(29-26)33-22-6-4-5-21(14-22)32-3/h4-6,9-10,13-17,20H,7-8,11-12H2,1-3H3,(H,27,28,29). The zero-order valence-electron chi connectivity index (χ0n) is 19.3. The van der Waals surface area contributed by atoms with Crippen molar-refractivity contribution in [2.24, 2.45) is 13.0 Å². The summed E-state index contributed by atoms with van der Waals surface area (Å²) in [7, 11) is 3.57. The molecule has 1 aliphatic carbocycles. The molecule has 0 unspecified atom stereocenters. The van der Waals surface area contributed by atoms with Crippen molar-refractivity contribution < 1.29 is 9.47 Å². The average molecular weight is 444 g/mol. The van der Waals surface area contributed by atoms with Crippen molar-refractivity contribution in [2.75, 3.05) is 12.4 Å². The SMILES string of the molecule is COc1cccc(Oc2nc(NC3CCC(C)CC3)ncc2-c2ccc3cn(C)nc3c2)c1. The van der Waals surface area contributed by atoms with Crippen LogP contribution in [0, 0.1) is 5.92 Å². The Morgan fingerprint density at radius 1 is 1.03 bits per heavy atom. The van der Waals surface area contributed by atoms with Crippen LogP contribution in [0.1, 0.15) is 32.6 Å². The van der Waals surface area contributed by atoms with Crippen molar-refractivity contribution in [3.63, 3.8) is 0 Å². The van der Waals surface area contributed by atoms with Crippen molar-refractivity contribution in [1.29, 1.82) is 0 Å². The molecule has 170 valence electrons. The lowest BCUT2D eigenvalue weighted by atomic mass is 9.87. The number of aromatic nitrogens is 4. The van der Waals surface area contributed by atoms with Crippen LogP contribution in [0.25, 0.3) is 22.0 Å². The quantitative estimate of drug-likeness (QED) is 0.405. The number of ether oxygens (including phenoxy) is 2. The van der Waals surface area contributed by atoms with Crippen molar-refractivity contribution in [2.45, 2.75) is 38.6 Å². The monoisotopic (exact) mass is 443 g/mol. The van der Waals surface area contributed by atoms with Gasteiger partial charge in [0, 0.05) is 36.9 Å². The van der Waals surface area contributed by atoms with Crippen molar-refractivity contribution in [3.8, 4) is 28.5 Å². The Bertz CT molecular complexity index is 1260. The van der Waals surface area contributed by atoms with Crippen LogP contribution in [0.2, 0.25) is 0 Å². The predicted octanol–water partition coefficient (Wildman–Crippen LogP) is 5.82. The maximum absolute atomic E-state index is 6.27. The summed E-state index contributed by atoms with van der Waals surface area (Å²) in [5.74, 6) is 3.27. The average Bonchev–Trinajstić information content (AvgIpc) is 3.20. The normalized spacial score (nSPS) is 18.3. The highest BCUT2D eigenvalue weighted by molar-refractivity contribution is 5.85. The molecule has 7 nitrogen and oxygen atoms in total. The fourth-order valence-corrected chi connectivity index (χ4v) is 4.38. The Balaban J connectivity index is 1.50. The van der Waals surface area contributed by atoms with Crippen molar-refractivity contribution in [3.05, 3.63) is 54.9 Å². The topological polar surface area (TPSA) is 74.1 Å². The largest absolute Gasteiger partial charge is 0.497 e. The highest BCUT2D eigenvalue weighted by atomic mass is 16.5. The first kappa shape index (κ1) is 21.2. The minimum Gasteiger partial charge on any atom is -0.497 e. The van der Waals surface area contributed by atoms with Gasteiger partial charge in [-0.3, -0.25) is 4.68 Å². The molecule has 2 aromatic heterocycles. The van der Waals surface area contributed by atoms with E-state index in [9.17, 15) is 0 Å². The smallest absolute Gasteiger partial charge is 0.231 e. The highest BCUT2D eigenvalue weighted by Crippen LogP contribution is 2.35. The number of hydrogen-bond acceptors (Lipinski definition) is 6. The van der Waals surface area contributed by atoms with Crippen LogP contribution in [0.3, 0.4) is 0 Å². The minimum absolute atomic E-state index is 0.390. The summed E-state index contributed by atoms with van der Waals surface area (Å²) in [4.78, 5) is 9.42. The molecule has 33 heavy (non-hydrogen) atoms. The number of methoxy groups -OCH3 is 1. The number of fused-ring (bicyclic) bond motifs is 1. The van der Waals surface area contributed by atoms with Crippen molar-refractivity contribution >= 4 is 16.9 Å². The zero-order valence-corrected chi connectivity index (χ0v) is 19.3. The first-order valence-corrected chi connectivity index (χ1v) is 11.5. The van der Waals surface area contributed by atoms with Gasteiger partial charge in [0.25, 0.3) is 0 Å². The molecule has 1 N–H and O–H groups in total. The van der Waals surface area contributed by atoms with Crippen LogP contribution in [-0.2, 0) is 7.05 Å². The van der Waals surface area contributed by atoms with E-state index in [-0.39, 0.29) is 0 Å². The zero-order chi connectivity index (χ0) is 22.8. The number of aryl methyl sites for hydroxylation is 1. The van der Waals surface area contributed by atoms with E-state index in [1.54, 1.807) is 7.11 Å². The van der Waals surface area contributed by atoms with E-state index in [2.05, 4.69) is 34.5 Å². The number of anilines is 1. The maximum atomic E-state index is 6.27. The second-order valence-corrected chi connectivity index (χ2v) is 8.87. The van der Waals surface area contributed by atoms with E-state index in [1.807, 2.05) is 54.5 Å². The van der Waals surface area contributed by atoms with Crippen LogP contribution in [0.4, 0.5) is 5.95 Å². The number of nitrogens with one attached hydrogen (secondary N) is 1. The lowest BCUT2D eigenvalue weighted by Crippen LogP contribution is -2.26. The van der Waals surface area contributed by atoms with Crippen LogP contribution >= 0.6 is 0 Å². The number of nitrogens with zero attached hydrogens (tertiary/aromatic N) is 4. The van der Waals surface area contributed by atoms with Gasteiger partial charge in [-0.25, -0.2) is 4.98 Å². The third kappa shape index (κ3) is 4.77. The first-order valence-electron chi connectivity index (χ1n) is 11.5. The Kier molecular flexibility index (Phi) is 5.86. The maximum Gasteiger partial charge on any atom is 0.231 e. The lowest BCUT2D eigenvalue weighted by Gasteiger charge is -2.27. The molecule has 5 rings (SSSR count). The van der Waals surface area contributed by atoms with Gasteiger partial charge in [-0.05, 0) is 55.4 Å². The minimum atomic E-state index is 0.390. The number of benzene rings is 2. The summed E-state index contributed by atoms with van der Waals surface area (Å²) in [6.45, 7) is 2.32. The third-order valence-electron chi connectivity index (χ3n) is 6.29. The predicted molar refractivity (Wildman–Crippen MR) is 130 cm³/mol. The number of hydrogen-bond donors (Lipinski definition) is 1. The molecule has 0 spiro atoms. The fourth-order valence-electron chi connectivity index (χ4n) is 4.38. The Hall–Kier alpha value is -3.61. The summed E-state index contributed by atoms with van der Waals surface area (Å²) in [5, 5.41) is 9.15. The van der Waals surface area contributed by atoms with Crippen LogP contribution in [0.15, 0.2) is 54.9 Å². The van der Waals surface area contributed by atoms with E-state index in [0.717, 1.165) is 46.5 Å². The summed E-state index contributed by atoms with van der Waals surface area (Å²) in [6.07, 6.45) is 8.56. The van der Waals surface area contributed by atoms with E-state index in [0.29, 0.717) is 23.6 Å². The highest BCUT2D eigenvalue weighted by Gasteiger charge is 2.20. The number of rotatable bonds is 6. The van der Waals surface area contributed by atoms with Gasteiger partial charge in [0.1, 0.15) is 11.5 Å². The van der Waals surface area contributed by atoms with Gasteiger partial charge in [0.05, 0.1) is 18.2 Å². The Labute approximate surface area is 193 Å². The van der Waals surface area contributed by atoms with Gasteiger partial charge in [-0.2, -0.15) is 10.1 Å². The van der Waals surface area contributed by atoms with Gasteiger partial charge in [0.2, 0.25) is 11.8 Å². The second kappa shape index (κ2) is 9.10. The lowest BCUT2D eigenvalue weighted by molar-refractivity contribution is 0.360. The van der Waals surface area contributed by atoms with Gasteiger partial charge in [0.15, 0.2) is 0 Å².